The summed E-state index contributed by atoms with van der Waals surface area (Å²) in [6.45, 7) is 7.49. The molecule has 3 rings (SSSR count). The second kappa shape index (κ2) is 8.47. The molecule has 26 heavy (non-hydrogen) atoms. The molecule has 138 valence electrons. The number of carbonyl (C=O) groups is 1. The first-order valence-electron chi connectivity index (χ1n) is 9.54. The van der Waals surface area contributed by atoms with Gasteiger partial charge in [0.25, 0.3) is 5.91 Å². The lowest BCUT2D eigenvalue weighted by Crippen LogP contribution is -3.28. The highest BCUT2D eigenvalue weighted by Gasteiger charge is 2.36. The molecule has 0 saturated carbocycles. The first kappa shape index (κ1) is 18.6. The Balaban J connectivity index is 1.67. The minimum absolute atomic E-state index is 0.0910. The van der Waals surface area contributed by atoms with E-state index in [1.54, 1.807) is 9.80 Å². The van der Waals surface area contributed by atoms with Crippen LogP contribution in [0.25, 0.3) is 0 Å². The first-order valence-corrected chi connectivity index (χ1v) is 9.54. The maximum absolute atomic E-state index is 12.9. The van der Waals surface area contributed by atoms with Gasteiger partial charge < -0.3 is 14.7 Å². The molecule has 0 aromatic heterocycles. The van der Waals surface area contributed by atoms with Gasteiger partial charge in [0, 0.05) is 25.2 Å². The summed E-state index contributed by atoms with van der Waals surface area (Å²) in [5.41, 5.74) is 3.86. The summed E-state index contributed by atoms with van der Waals surface area (Å²) in [4.78, 5) is 17.6. The van der Waals surface area contributed by atoms with E-state index >= 15 is 0 Å². The fourth-order valence-corrected chi connectivity index (χ4v) is 3.96. The highest BCUT2D eigenvalue weighted by Crippen LogP contribution is 2.11. The van der Waals surface area contributed by atoms with E-state index in [0.717, 1.165) is 38.3 Å². The van der Waals surface area contributed by atoms with E-state index in [4.69, 9.17) is 0 Å². The molecule has 1 amide bonds. The van der Waals surface area contributed by atoms with Crippen molar-refractivity contribution in [1.82, 2.24) is 4.90 Å². The highest BCUT2D eigenvalue weighted by atomic mass is 16.2. The summed E-state index contributed by atoms with van der Waals surface area (Å²) in [5.74, 6) is 0.202. The summed E-state index contributed by atoms with van der Waals surface area (Å²) in [6.07, 6.45) is 0. The summed E-state index contributed by atoms with van der Waals surface area (Å²) < 4.78 is 0. The van der Waals surface area contributed by atoms with Crippen molar-refractivity contribution in [2.45, 2.75) is 19.5 Å². The van der Waals surface area contributed by atoms with Gasteiger partial charge in [-0.1, -0.05) is 60.2 Å². The predicted molar refractivity (Wildman–Crippen MR) is 104 cm³/mol. The summed E-state index contributed by atoms with van der Waals surface area (Å²) in [7, 11) is 3.72. The second-order valence-electron chi connectivity index (χ2n) is 7.65. The molecular formula is C22H31N3O+2. The lowest BCUT2D eigenvalue weighted by atomic mass is 10.0. The van der Waals surface area contributed by atoms with Crippen molar-refractivity contribution in [3.8, 4) is 0 Å². The maximum atomic E-state index is 12.9. The van der Waals surface area contributed by atoms with Gasteiger partial charge in [0.15, 0.2) is 6.04 Å². The minimum Gasteiger partial charge on any atom is -0.343 e. The standard InChI is InChI=1S/C22H29N3O/c1-18-8-7-9-19(16-18)17-24-12-14-25(15-13-24)21(22(26)23(2)3)20-10-5-4-6-11-20/h4-11,16,21H,12-15,17H2,1-3H3/p+2/t21-/m1/s1. The lowest BCUT2D eigenvalue weighted by molar-refractivity contribution is -1.03. The van der Waals surface area contributed by atoms with E-state index in [-0.39, 0.29) is 11.9 Å². The Bertz CT molecular complexity index is 721. The van der Waals surface area contributed by atoms with Gasteiger partial charge in [0.2, 0.25) is 0 Å². The molecule has 4 heteroatoms. The SMILES string of the molecule is Cc1cccc(C[NH+]2CC[NH+]([C@@H](C(=O)N(C)C)c3ccccc3)CC2)c1. The van der Waals surface area contributed by atoms with Crippen LogP contribution < -0.4 is 9.80 Å². The number of piperazine rings is 1. The zero-order chi connectivity index (χ0) is 18.5. The summed E-state index contributed by atoms with van der Waals surface area (Å²) in [5, 5.41) is 0. The Labute approximate surface area is 157 Å². The Morgan fingerprint density at radius 2 is 1.69 bits per heavy atom. The van der Waals surface area contributed by atoms with Crippen LogP contribution in [0.3, 0.4) is 0 Å². The molecule has 0 spiro atoms. The molecular weight excluding hydrogens is 322 g/mol. The van der Waals surface area contributed by atoms with E-state index in [9.17, 15) is 4.79 Å². The van der Waals surface area contributed by atoms with Gasteiger partial charge in [0.1, 0.15) is 32.7 Å². The molecule has 2 aromatic carbocycles. The number of likely N-dealkylation sites (N-methyl/N-ethyl adjacent to an activating group) is 1. The van der Waals surface area contributed by atoms with Gasteiger partial charge in [-0.25, -0.2) is 0 Å². The van der Waals surface area contributed by atoms with Gasteiger partial charge in [0.05, 0.1) is 0 Å². The van der Waals surface area contributed by atoms with Crippen molar-refractivity contribution in [2.75, 3.05) is 40.3 Å². The zero-order valence-electron chi connectivity index (χ0n) is 16.2. The summed E-state index contributed by atoms with van der Waals surface area (Å²) >= 11 is 0. The van der Waals surface area contributed by atoms with E-state index in [0.29, 0.717) is 0 Å². The molecule has 2 aromatic rings. The topological polar surface area (TPSA) is 29.2 Å². The minimum atomic E-state index is -0.0910. The normalized spacial score (nSPS) is 21.2. The number of nitrogens with one attached hydrogen (secondary N) is 2. The molecule has 0 aliphatic carbocycles. The number of aryl methyl sites for hydroxylation is 1. The van der Waals surface area contributed by atoms with Crippen LogP contribution in [0.1, 0.15) is 22.7 Å². The Kier molecular flexibility index (Phi) is 6.07. The third kappa shape index (κ3) is 4.51. The fraction of sp³-hybridized carbons (Fsp3) is 0.409. The average Bonchev–Trinajstić information content (AvgIpc) is 2.64. The third-order valence-electron chi connectivity index (χ3n) is 5.36. The Hall–Kier alpha value is -2.17. The third-order valence-corrected chi connectivity index (χ3v) is 5.36. The van der Waals surface area contributed by atoms with Crippen molar-refractivity contribution in [2.24, 2.45) is 0 Å². The van der Waals surface area contributed by atoms with Gasteiger partial charge in [-0.15, -0.1) is 0 Å². The van der Waals surface area contributed by atoms with Gasteiger partial charge in [-0.05, 0) is 6.92 Å². The largest absolute Gasteiger partial charge is 0.343 e. The van der Waals surface area contributed by atoms with Gasteiger partial charge >= 0.3 is 0 Å². The molecule has 1 saturated heterocycles. The number of amides is 1. The maximum Gasteiger partial charge on any atom is 0.285 e. The monoisotopic (exact) mass is 353 g/mol. The highest BCUT2D eigenvalue weighted by molar-refractivity contribution is 5.81. The van der Waals surface area contributed by atoms with Crippen LogP contribution in [0, 0.1) is 6.92 Å². The molecule has 0 bridgehead atoms. The second-order valence-corrected chi connectivity index (χ2v) is 7.65. The van der Waals surface area contributed by atoms with Crippen LogP contribution in [0.2, 0.25) is 0 Å². The number of benzene rings is 2. The number of quaternary nitrogens is 2. The van der Waals surface area contributed by atoms with Crippen LogP contribution in [0.4, 0.5) is 0 Å². The average molecular weight is 354 g/mol. The van der Waals surface area contributed by atoms with Crippen molar-refractivity contribution >= 4 is 5.91 Å². The van der Waals surface area contributed by atoms with Crippen LogP contribution in [0.5, 0.6) is 0 Å². The Morgan fingerprint density at radius 3 is 2.31 bits per heavy atom. The first-order chi connectivity index (χ1) is 12.5. The number of hydrogen-bond acceptors (Lipinski definition) is 1. The number of rotatable bonds is 5. The Morgan fingerprint density at radius 1 is 1.00 bits per heavy atom. The predicted octanol–water partition coefficient (Wildman–Crippen LogP) is 0.108. The van der Waals surface area contributed by atoms with Crippen LogP contribution in [-0.2, 0) is 11.3 Å². The van der Waals surface area contributed by atoms with Gasteiger partial charge in [-0.3, -0.25) is 4.79 Å². The molecule has 1 atom stereocenters. The van der Waals surface area contributed by atoms with E-state index in [1.807, 2.05) is 32.3 Å². The molecule has 1 fully saturated rings. The molecule has 2 N–H and O–H groups in total. The molecule has 0 radical (unpaired) electrons. The van der Waals surface area contributed by atoms with Crippen LogP contribution in [-0.4, -0.2) is 51.1 Å². The number of hydrogen-bond donors (Lipinski definition) is 2. The molecule has 1 aliphatic heterocycles. The van der Waals surface area contributed by atoms with E-state index < -0.39 is 0 Å². The molecule has 1 aliphatic rings. The quantitative estimate of drug-likeness (QED) is 0.785. The fourth-order valence-electron chi connectivity index (χ4n) is 3.96. The van der Waals surface area contributed by atoms with Crippen molar-refractivity contribution in [3.63, 3.8) is 0 Å². The molecule has 0 unspecified atom stereocenters. The van der Waals surface area contributed by atoms with Crippen molar-refractivity contribution in [1.29, 1.82) is 0 Å². The van der Waals surface area contributed by atoms with Crippen molar-refractivity contribution < 1.29 is 14.6 Å². The van der Waals surface area contributed by atoms with E-state index in [2.05, 4.69) is 43.3 Å². The van der Waals surface area contributed by atoms with Crippen LogP contribution >= 0.6 is 0 Å². The van der Waals surface area contributed by atoms with Crippen LogP contribution in [0.15, 0.2) is 54.6 Å². The number of nitrogens with zero attached hydrogens (tertiary/aromatic N) is 1. The smallest absolute Gasteiger partial charge is 0.285 e. The van der Waals surface area contributed by atoms with E-state index in [1.165, 1.54) is 16.0 Å². The lowest BCUT2D eigenvalue weighted by Gasteiger charge is -2.35. The zero-order valence-corrected chi connectivity index (χ0v) is 16.2. The molecule has 4 nitrogen and oxygen atoms in total. The summed E-state index contributed by atoms with van der Waals surface area (Å²) in [6, 6.07) is 19.0. The van der Waals surface area contributed by atoms with Crippen molar-refractivity contribution in [3.05, 3.63) is 71.3 Å². The van der Waals surface area contributed by atoms with Gasteiger partial charge in [-0.2, -0.15) is 0 Å². The number of carbonyl (C=O) groups excluding carboxylic acids is 1. The molecule has 1 heterocycles.